The van der Waals surface area contributed by atoms with Gasteiger partial charge in [-0.05, 0) is 37.0 Å². The van der Waals surface area contributed by atoms with Gasteiger partial charge in [0.1, 0.15) is 5.75 Å². The largest absolute Gasteiger partial charge is 0.497 e. The molecule has 2 amide bonds. The zero-order chi connectivity index (χ0) is 17.1. The van der Waals surface area contributed by atoms with Crippen LogP contribution in [0.25, 0.3) is 0 Å². The van der Waals surface area contributed by atoms with Crippen LogP contribution in [0.4, 0.5) is 4.79 Å². The van der Waals surface area contributed by atoms with Crippen LogP contribution in [-0.2, 0) is 0 Å². The number of carbonyl (C=O) groups excluding carboxylic acids is 1. The maximum absolute atomic E-state index is 12.4. The predicted molar refractivity (Wildman–Crippen MR) is 95.2 cm³/mol. The molecule has 5 heteroatoms. The molecule has 0 aromatic heterocycles. The molecule has 1 aromatic carbocycles. The van der Waals surface area contributed by atoms with Gasteiger partial charge in [-0.2, -0.15) is 0 Å². The first-order valence-electron chi connectivity index (χ1n) is 8.66. The summed E-state index contributed by atoms with van der Waals surface area (Å²) in [6.07, 6.45) is 5.24. The number of hydrogen-bond donors (Lipinski definition) is 1. The lowest BCUT2D eigenvalue weighted by Crippen LogP contribution is -2.45. The van der Waals surface area contributed by atoms with Crippen LogP contribution < -0.4 is 10.1 Å². The molecule has 1 aromatic rings. The van der Waals surface area contributed by atoms with Crippen LogP contribution in [-0.4, -0.2) is 55.2 Å². The van der Waals surface area contributed by atoms with Crippen molar-refractivity contribution in [2.45, 2.75) is 37.4 Å². The molecule has 1 saturated heterocycles. The fourth-order valence-electron chi connectivity index (χ4n) is 3.58. The molecule has 2 aliphatic rings. The van der Waals surface area contributed by atoms with Crippen molar-refractivity contribution in [3.63, 3.8) is 0 Å². The molecule has 1 N–H and O–H groups in total. The number of amides is 2. The molecule has 24 heavy (non-hydrogen) atoms. The number of hydrogen-bond acceptors (Lipinski definition) is 3. The summed E-state index contributed by atoms with van der Waals surface area (Å²) in [7, 11) is 3.49. The Balaban J connectivity index is 1.79. The molecule has 0 unspecified atom stereocenters. The summed E-state index contributed by atoms with van der Waals surface area (Å²) in [5.74, 6) is 0.865. The van der Waals surface area contributed by atoms with E-state index >= 15 is 0 Å². The quantitative estimate of drug-likeness (QED) is 0.816. The molecule has 3 rings (SSSR count). The summed E-state index contributed by atoms with van der Waals surface area (Å²) in [6.45, 7) is 5.28. The normalized spacial score (nSPS) is 23.8. The number of ether oxygens (including phenoxy) is 1. The Bertz CT molecular complexity index is 600. The maximum atomic E-state index is 12.4. The van der Waals surface area contributed by atoms with Crippen LogP contribution >= 0.6 is 0 Å². The Morgan fingerprint density at radius 3 is 2.92 bits per heavy atom. The van der Waals surface area contributed by atoms with Crippen molar-refractivity contribution in [3.8, 4) is 5.75 Å². The van der Waals surface area contributed by atoms with Crippen molar-refractivity contribution in [3.05, 3.63) is 42.5 Å². The Hall–Kier alpha value is -2.01. The molecule has 1 saturated carbocycles. The second kappa shape index (κ2) is 7.26. The zero-order valence-electron chi connectivity index (χ0n) is 14.6. The average molecular weight is 329 g/mol. The van der Waals surface area contributed by atoms with Gasteiger partial charge in [-0.3, -0.25) is 4.90 Å². The van der Waals surface area contributed by atoms with E-state index in [4.69, 9.17) is 4.74 Å². The van der Waals surface area contributed by atoms with E-state index in [9.17, 15) is 4.79 Å². The average Bonchev–Trinajstić information content (AvgIpc) is 3.36. The first-order valence-corrected chi connectivity index (χ1v) is 8.66. The summed E-state index contributed by atoms with van der Waals surface area (Å²) in [5.41, 5.74) is 1.22. The lowest BCUT2D eigenvalue weighted by atomic mass is 9.99. The highest BCUT2D eigenvalue weighted by atomic mass is 16.5. The Morgan fingerprint density at radius 1 is 1.46 bits per heavy atom. The molecule has 1 aliphatic heterocycles. The Morgan fingerprint density at radius 2 is 2.25 bits per heavy atom. The van der Waals surface area contributed by atoms with Crippen molar-refractivity contribution in [1.82, 2.24) is 15.1 Å². The first kappa shape index (κ1) is 16.8. The number of benzene rings is 1. The third-order valence-corrected chi connectivity index (χ3v) is 4.95. The van der Waals surface area contributed by atoms with Crippen molar-refractivity contribution in [2.75, 3.05) is 27.2 Å². The molecular formula is C19H27N3O2. The minimum absolute atomic E-state index is 0.0366. The van der Waals surface area contributed by atoms with Crippen molar-refractivity contribution in [2.24, 2.45) is 0 Å². The third-order valence-electron chi connectivity index (χ3n) is 4.95. The second-order valence-electron chi connectivity index (χ2n) is 6.70. The number of nitrogens with one attached hydrogen (secondary N) is 1. The van der Waals surface area contributed by atoms with Gasteiger partial charge in [-0.15, -0.1) is 6.58 Å². The lowest BCUT2D eigenvalue weighted by Gasteiger charge is -2.30. The minimum atomic E-state index is -0.0366. The van der Waals surface area contributed by atoms with Crippen LogP contribution in [0.1, 0.15) is 30.9 Å². The number of nitrogens with zero attached hydrogens (tertiary/aromatic N) is 2. The smallest absolute Gasteiger partial charge is 0.317 e. The van der Waals surface area contributed by atoms with E-state index in [1.807, 2.05) is 12.1 Å². The van der Waals surface area contributed by atoms with E-state index in [2.05, 4.69) is 28.9 Å². The van der Waals surface area contributed by atoms with E-state index in [1.165, 1.54) is 18.4 Å². The number of likely N-dealkylation sites (N-methyl/N-ethyl adjacent to an activating group) is 1. The molecule has 2 fully saturated rings. The van der Waals surface area contributed by atoms with E-state index in [1.54, 1.807) is 25.1 Å². The molecule has 0 bridgehead atoms. The Kier molecular flexibility index (Phi) is 5.09. The lowest BCUT2D eigenvalue weighted by molar-refractivity contribution is 0.195. The van der Waals surface area contributed by atoms with Crippen molar-refractivity contribution < 1.29 is 9.53 Å². The molecule has 130 valence electrons. The first-order chi connectivity index (χ1) is 11.6. The highest BCUT2D eigenvalue weighted by Gasteiger charge is 2.43. The van der Waals surface area contributed by atoms with Crippen LogP contribution in [0, 0.1) is 0 Å². The summed E-state index contributed by atoms with van der Waals surface area (Å²) in [6, 6.07) is 9.19. The molecule has 5 nitrogen and oxygen atoms in total. The topological polar surface area (TPSA) is 44.8 Å². The molecule has 1 aliphatic carbocycles. The zero-order valence-corrected chi connectivity index (χ0v) is 14.6. The fraction of sp³-hybridized carbons (Fsp3) is 0.526. The molecular weight excluding hydrogens is 302 g/mol. The van der Waals surface area contributed by atoms with E-state index in [0.29, 0.717) is 12.6 Å². The molecule has 0 radical (unpaired) electrons. The van der Waals surface area contributed by atoms with Gasteiger partial charge in [-0.25, -0.2) is 4.79 Å². The predicted octanol–water partition coefficient (Wildman–Crippen LogP) is 2.80. The van der Waals surface area contributed by atoms with E-state index < -0.39 is 0 Å². The monoisotopic (exact) mass is 329 g/mol. The molecule has 2 atom stereocenters. The van der Waals surface area contributed by atoms with E-state index in [0.717, 1.165) is 18.7 Å². The molecule has 0 spiro atoms. The van der Waals surface area contributed by atoms with Gasteiger partial charge in [-0.1, -0.05) is 18.2 Å². The number of urea groups is 1. The van der Waals surface area contributed by atoms with Gasteiger partial charge in [0, 0.05) is 26.2 Å². The highest BCUT2D eigenvalue weighted by Crippen LogP contribution is 2.41. The summed E-state index contributed by atoms with van der Waals surface area (Å²) >= 11 is 0. The van der Waals surface area contributed by atoms with Gasteiger partial charge in [0.25, 0.3) is 0 Å². The maximum Gasteiger partial charge on any atom is 0.317 e. The van der Waals surface area contributed by atoms with Crippen LogP contribution in [0.15, 0.2) is 36.9 Å². The number of carbonyl (C=O) groups is 1. The van der Waals surface area contributed by atoms with Gasteiger partial charge in [0.15, 0.2) is 0 Å². The molecule has 1 heterocycles. The summed E-state index contributed by atoms with van der Waals surface area (Å²) in [5, 5.41) is 3.22. The van der Waals surface area contributed by atoms with Crippen molar-refractivity contribution >= 4 is 6.03 Å². The van der Waals surface area contributed by atoms with Crippen LogP contribution in [0.2, 0.25) is 0 Å². The van der Waals surface area contributed by atoms with Gasteiger partial charge in [0.05, 0.1) is 19.2 Å². The minimum Gasteiger partial charge on any atom is -0.497 e. The standard InChI is InChI=1S/C19H27N3O2/c1-4-11-21(2)19(23)20-17-10-12-22(15-8-9-15)18(17)14-6-5-7-16(13-14)24-3/h4-7,13,15,17-18H,1,8-12H2,2-3H3,(H,20,23)/t17-,18+/m0/s1. The number of methoxy groups -OCH3 is 1. The van der Waals surface area contributed by atoms with E-state index in [-0.39, 0.29) is 18.1 Å². The summed E-state index contributed by atoms with van der Waals surface area (Å²) < 4.78 is 5.39. The Labute approximate surface area is 144 Å². The summed E-state index contributed by atoms with van der Waals surface area (Å²) in [4.78, 5) is 16.6. The SMILES string of the molecule is C=CCN(C)C(=O)N[C@H]1CCN(C2CC2)[C@@H]1c1cccc(OC)c1. The van der Waals surface area contributed by atoms with Crippen molar-refractivity contribution in [1.29, 1.82) is 0 Å². The van der Waals surface area contributed by atoms with Gasteiger partial charge >= 0.3 is 6.03 Å². The second-order valence-corrected chi connectivity index (χ2v) is 6.70. The van der Waals surface area contributed by atoms with Gasteiger partial charge in [0.2, 0.25) is 0 Å². The third kappa shape index (κ3) is 3.56. The highest BCUT2D eigenvalue weighted by molar-refractivity contribution is 5.74. The van der Waals surface area contributed by atoms with Crippen LogP contribution in [0.5, 0.6) is 5.75 Å². The van der Waals surface area contributed by atoms with Gasteiger partial charge < -0.3 is 15.0 Å². The number of rotatable bonds is 6. The number of likely N-dealkylation sites (tertiary alicyclic amines) is 1. The van der Waals surface area contributed by atoms with Crippen LogP contribution in [0.3, 0.4) is 0 Å². The fourth-order valence-corrected chi connectivity index (χ4v) is 3.58.